The van der Waals surface area contributed by atoms with Crippen molar-refractivity contribution in [2.45, 2.75) is 0 Å². The molecule has 2 aromatic carbocycles. The molecule has 1 aromatic heterocycles. The maximum Gasteiger partial charge on any atom is 0.234 e. The van der Waals surface area contributed by atoms with Crippen LogP contribution in [0.15, 0.2) is 59.6 Å². The van der Waals surface area contributed by atoms with Crippen LogP contribution in [-0.4, -0.2) is 21.3 Å². The molecule has 4 heteroatoms. The van der Waals surface area contributed by atoms with E-state index in [0.717, 1.165) is 15.8 Å². The first-order valence-corrected chi connectivity index (χ1v) is 5.88. The van der Waals surface area contributed by atoms with Gasteiger partial charge >= 0.3 is 0 Å². The molecule has 0 saturated heterocycles. The van der Waals surface area contributed by atoms with Crippen LogP contribution >= 0.6 is 0 Å². The Morgan fingerprint density at radius 3 is 2.42 bits per heavy atom. The van der Waals surface area contributed by atoms with Crippen molar-refractivity contribution in [1.82, 2.24) is 4.73 Å². The molecule has 0 bridgehead atoms. The molecule has 0 unspecified atom stereocenters. The lowest BCUT2D eigenvalue weighted by Gasteiger charge is -1.94. The summed E-state index contributed by atoms with van der Waals surface area (Å²) in [6, 6.07) is 16.6. The van der Waals surface area contributed by atoms with Crippen LogP contribution in [0.4, 0.5) is 5.69 Å². The number of hydrogen-bond donors (Lipinski definition) is 2. The first kappa shape index (κ1) is 11.3. The van der Waals surface area contributed by atoms with Gasteiger partial charge in [-0.2, -0.15) is 4.73 Å². The fourth-order valence-corrected chi connectivity index (χ4v) is 2.02. The summed E-state index contributed by atoms with van der Waals surface area (Å²) in [6.45, 7) is 0. The number of aromatic nitrogens is 1. The quantitative estimate of drug-likeness (QED) is 0.543. The minimum Gasteiger partial charge on any atom is -0.492 e. The molecular formula is C15H12N2O2. The van der Waals surface area contributed by atoms with Crippen molar-refractivity contribution < 1.29 is 10.3 Å². The number of benzene rings is 2. The van der Waals surface area contributed by atoms with Gasteiger partial charge in [-0.25, -0.2) is 0 Å². The topological polar surface area (TPSA) is 57.8 Å². The van der Waals surface area contributed by atoms with Crippen molar-refractivity contribution >= 4 is 22.8 Å². The van der Waals surface area contributed by atoms with Crippen molar-refractivity contribution in [2.75, 3.05) is 0 Å². The number of aromatic hydroxyl groups is 1. The normalized spacial score (nSPS) is 11.4. The molecule has 4 nitrogen and oxygen atoms in total. The van der Waals surface area contributed by atoms with Crippen LogP contribution in [0.1, 0.15) is 5.56 Å². The van der Waals surface area contributed by atoms with E-state index in [-0.39, 0.29) is 5.88 Å². The average Bonchev–Trinajstić information content (AvgIpc) is 2.71. The molecule has 0 aliphatic rings. The average molecular weight is 252 g/mol. The van der Waals surface area contributed by atoms with Crippen LogP contribution in [0.25, 0.3) is 10.9 Å². The van der Waals surface area contributed by atoms with Gasteiger partial charge in [0.25, 0.3) is 0 Å². The van der Waals surface area contributed by atoms with Crippen molar-refractivity contribution in [2.24, 2.45) is 4.99 Å². The van der Waals surface area contributed by atoms with Gasteiger partial charge in [0, 0.05) is 11.6 Å². The van der Waals surface area contributed by atoms with Crippen molar-refractivity contribution in [3.8, 4) is 5.88 Å². The molecule has 94 valence electrons. The third kappa shape index (κ3) is 1.93. The summed E-state index contributed by atoms with van der Waals surface area (Å²) in [6.07, 6.45) is 1.56. The van der Waals surface area contributed by atoms with Crippen LogP contribution in [0, 0.1) is 0 Å². The van der Waals surface area contributed by atoms with Crippen LogP contribution in [0.2, 0.25) is 0 Å². The summed E-state index contributed by atoms with van der Waals surface area (Å²) < 4.78 is 0.766. The summed E-state index contributed by atoms with van der Waals surface area (Å²) in [5.74, 6) is -0.208. The molecule has 3 rings (SSSR count). The number of nitrogens with zero attached hydrogens (tertiary/aromatic N) is 2. The summed E-state index contributed by atoms with van der Waals surface area (Å²) >= 11 is 0. The van der Waals surface area contributed by atoms with Gasteiger partial charge in [0.05, 0.1) is 16.8 Å². The lowest BCUT2D eigenvalue weighted by molar-refractivity contribution is 0.167. The van der Waals surface area contributed by atoms with Gasteiger partial charge in [0.15, 0.2) is 0 Å². The second kappa shape index (κ2) is 4.49. The van der Waals surface area contributed by atoms with Crippen LogP contribution in [0.5, 0.6) is 5.88 Å². The Morgan fingerprint density at radius 1 is 0.947 bits per heavy atom. The third-order valence-corrected chi connectivity index (χ3v) is 2.96. The van der Waals surface area contributed by atoms with E-state index >= 15 is 0 Å². The Balaban J connectivity index is 2.11. The lowest BCUT2D eigenvalue weighted by atomic mass is 10.2. The largest absolute Gasteiger partial charge is 0.492 e. The summed E-state index contributed by atoms with van der Waals surface area (Å²) in [5, 5.41) is 20.5. The highest BCUT2D eigenvalue weighted by atomic mass is 16.5. The Hall–Kier alpha value is -2.75. The fraction of sp³-hybridized carbons (Fsp3) is 0. The Labute approximate surface area is 109 Å². The smallest absolute Gasteiger partial charge is 0.234 e. The molecule has 0 aliphatic heterocycles. The third-order valence-electron chi connectivity index (χ3n) is 2.96. The predicted molar refractivity (Wildman–Crippen MR) is 74.5 cm³/mol. The molecule has 19 heavy (non-hydrogen) atoms. The van der Waals surface area contributed by atoms with Crippen molar-refractivity contribution in [3.05, 3.63) is 60.2 Å². The highest BCUT2D eigenvalue weighted by Gasteiger charge is 2.13. The second-order valence-electron chi connectivity index (χ2n) is 4.16. The van der Waals surface area contributed by atoms with E-state index in [1.807, 2.05) is 42.5 Å². The number of rotatable bonds is 2. The van der Waals surface area contributed by atoms with E-state index in [2.05, 4.69) is 4.99 Å². The molecule has 2 N–H and O–H groups in total. The van der Waals surface area contributed by atoms with Gasteiger partial charge in [0.2, 0.25) is 5.88 Å². The molecule has 1 heterocycles. The SMILES string of the molecule is Oc1c(C=Nc2ccccc2)c2ccccc2n1O. The van der Waals surface area contributed by atoms with Gasteiger partial charge in [-0.1, -0.05) is 36.4 Å². The lowest BCUT2D eigenvalue weighted by Crippen LogP contribution is -1.87. The monoisotopic (exact) mass is 252 g/mol. The molecule has 3 aromatic rings. The summed E-state index contributed by atoms with van der Waals surface area (Å²) in [7, 11) is 0. The molecule has 0 amide bonds. The second-order valence-corrected chi connectivity index (χ2v) is 4.16. The van der Waals surface area contributed by atoms with Gasteiger partial charge in [0.1, 0.15) is 0 Å². The molecule has 0 saturated carbocycles. The zero-order chi connectivity index (χ0) is 13.2. The van der Waals surface area contributed by atoms with Crippen molar-refractivity contribution in [3.63, 3.8) is 0 Å². The van der Waals surface area contributed by atoms with E-state index in [1.54, 1.807) is 18.3 Å². The summed E-state index contributed by atoms with van der Waals surface area (Å²) in [4.78, 5) is 4.29. The molecule has 0 spiro atoms. The Kier molecular flexibility index (Phi) is 2.68. The molecule has 0 atom stereocenters. The number of aliphatic imine (C=N–C) groups is 1. The predicted octanol–water partition coefficient (Wildman–Crippen LogP) is 3.33. The molecule has 0 aliphatic carbocycles. The molecule has 0 fully saturated rings. The van der Waals surface area contributed by atoms with E-state index < -0.39 is 0 Å². The minimum atomic E-state index is -0.208. The first-order valence-electron chi connectivity index (χ1n) is 5.88. The standard InChI is InChI=1S/C15H12N2O2/c18-15-13(10-16-11-6-2-1-3-7-11)12-8-4-5-9-14(12)17(15)19/h1-10,18-19H. The fourth-order valence-electron chi connectivity index (χ4n) is 2.02. The van der Waals surface area contributed by atoms with Crippen LogP contribution < -0.4 is 0 Å². The first-order chi connectivity index (χ1) is 9.27. The number of hydrogen-bond acceptors (Lipinski definition) is 3. The highest BCUT2D eigenvalue weighted by Crippen LogP contribution is 2.28. The number of para-hydroxylation sites is 2. The molecule has 0 radical (unpaired) electrons. The summed E-state index contributed by atoms with van der Waals surface area (Å²) in [5.41, 5.74) is 1.84. The number of fused-ring (bicyclic) bond motifs is 1. The maximum atomic E-state index is 9.92. The van der Waals surface area contributed by atoms with E-state index in [4.69, 9.17) is 0 Å². The molecular weight excluding hydrogens is 240 g/mol. The van der Waals surface area contributed by atoms with E-state index in [0.29, 0.717) is 11.1 Å². The Bertz CT molecular complexity index is 745. The van der Waals surface area contributed by atoms with E-state index in [9.17, 15) is 10.3 Å². The maximum absolute atomic E-state index is 9.92. The van der Waals surface area contributed by atoms with Crippen molar-refractivity contribution in [1.29, 1.82) is 0 Å². The zero-order valence-electron chi connectivity index (χ0n) is 10.1. The Morgan fingerprint density at radius 2 is 1.63 bits per heavy atom. The van der Waals surface area contributed by atoms with Crippen LogP contribution in [-0.2, 0) is 0 Å². The van der Waals surface area contributed by atoms with Gasteiger partial charge < -0.3 is 10.3 Å². The van der Waals surface area contributed by atoms with E-state index in [1.165, 1.54) is 0 Å². The highest BCUT2D eigenvalue weighted by molar-refractivity contribution is 6.02. The van der Waals surface area contributed by atoms with Gasteiger partial charge in [-0.05, 0) is 18.2 Å². The minimum absolute atomic E-state index is 0.208. The van der Waals surface area contributed by atoms with Gasteiger partial charge in [-0.15, -0.1) is 0 Å². The van der Waals surface area contributed by atoms with Crippen LogP contribution in [0.3, 0.4) is 0 Å². The zero-order valence-corrected chi connectivity index (χ0v) is 10.1. The van der Waals surface area contributed by atoms with Gasteiger partial charge in [-0.3, -0.25) is 4.99 Å².